The molecule has 0 spiro atoms. The fraction of sp³-hybridized carbons (Fsp3) is 1.00. The molecule has 19 heavy (non-hydrogen) atoms. The zero-order chi connectivity index (χ0) is 14.3. The van der Waals surface area contributed by atoms with Crippen LogP contribution in [0.25, 0.3) is 0 Å². The zero-order valence-corrected chi connectivity index (χ0v) is 14.4. The highest BCUT2D eigenvalue weighted by molar-refractivity contribution is 6.69. The van der Waals surface area contributed by atoms with Gasteiger partial charge in [0.05, 0.1) is 0 Å². The Morgan fingerprint density at radius 1 is 1.26 bits per heavy atom. The highest BCUT2D eigenvalue weighted by Gasteiger charge is 2.53. The van der Waals surface area contributed by atoms with Crippen LogP contribution in [0.1, 0.15) is 46.0 Å². The van der Waals surface area contributed by atoms with Crippen molar-refractivity contribution in [2.75, 3.05) is 6.61 Å². The molecule has 2 unspecified atom stereocenters. The Kier molecular flexibility index (Phi) is 4.49. The lowest BCUT2D eigenvalue weighted by Crippen LogP contribution is -2.46. The molecule has 0 aromatic carbocycles. The molecular weight excluding hydrogens is 252 g/mol. The first-order chi connectivity index (χ1) is 8.78. The third kappa shape index (κ3) is 3.08. The molecule has 2 saturated carbocycles. The first-order valence-electron chi connectivity index (χ1n) is 8.06. The summed E-state index contributed by atoms with van der Waals surface area (Å²) in [4.78, 5) is 0. The molecule has 3 heteroatoms. The van der Waals surface area contributed by atoms with E-state index in [0.717, 1.165) is 5.92 Å². The van der Waals surface area contributed by atoms with Crippen molar-refractivity contribution in [2.24, 2.45) is 23.2 Å². The van der Waals surface area contributed by atoms with E-state index in [1.807, 2.05) is 0 Å². The maximum Gasteiger partial charge on any atom is 0.184 e. The van der Waals surface area contributed by atoms with Crippen LogP contribution in [0.3, 0.4) is 0 Å². The van der Waals surface area contributed by atoms with E-state index in [1.54, 1.807) is 0 Å². The van der Waals surface area contributed by atoms with Gasteiger partial charge in [-0.05, 0) is 68.5 Å². The Labute approximate surface area is 120 Å². The second-order valence-electron chi connectivity index (χ2n) is 8.12. The molecule has 0 heterocycles. The molecule has 2 aliphatic carbocycles. The van der Waals surface area contributed by atoms with Crippen molar-refractivity contribution in [3.05, 3.63) is 0 Å². The van der Waals surface area contributed by atoms with Gasteiger partial charge in [0.15, 0.2) is 8.32 Å². The average Bonchev–Trinajstić information content (AvgIpc) is 2.64. The largest absolute Gasteiger partial charge is 0.414 e. The van der Waals surface area contributed by atoms with Gasteiger partial charge in [0, 0.05) is 12.7 Å². The molecule has 2 nitrogen and oxygen atoms in total. The summed E-state index contributed by atoms with van der Waals surface area (Å²) in [5, 5.41) is 9.53. The van der Waals surface area contributed by atoms with Gasteiger partial charge in [-0.3, -0.25) is 0 Å². The molecular formula is C16H32O2Si. The Morgan fingerprint density at radius 2 is 1.95 bits per heavy atom. The van der Waals surface area contributed by atoms with Crippen LogP contribution in [0.5, 0.6) is 0 Å². The number of aliphatic hydroxyl groups is 1. The van der Waals surface area contributed by atoms with Gasteiger partial charge >= 0.3 is 0 Å². The highest BCUT2D eigenvalue weighted by atomic mass is 28.4. The highest BCUT2D eigenvalue weighted by Crippen LogP contribution is 2.58. The van der Waals surface area contributed by atoms with Crippen LogP contribution in [0, 0.1) is 23.2 Å². The van der Waals surface area contributed by atoms with Gasteiger partial charge in [-0.15, -0.1) is 0 Å². The first-order valence-corrected chi connectivity index (χ1v) is 11.5. The molecule has 112 valence electrons. The second kappa shape index (κ2) is 5.49. The minimum absolute atomic E-state index is 0.340. The molecule has 5 atom stereocenters. The van der Waals surface area contributed by atoms with Crippen molar-refractivity contribution < 1.29 is 9.53 Å². The summed E-state index contributed by atoms with van der Waals surface area (Å²) in [6.45, 7) is 12.0. The summed E-state index contributed by atoms with van der Waals surface area (Å²) in [6, 6.07) is 0. The molecule has 0 aliphatic heterocycles. The van der Waals surface area contributed by atoms with E-state index in [4.69, 9.17) is 4.43 Å². The summed E-state index contributed by atoms with van der Waals surface area (Å²) in [5.41, 5.74) is 0.407. The van der Waals surface area contributed by atoms with Crippen molar-refractivity contribution in [1.82, 2.24) is 0 Å². The van der Waals surface area contributed by atoms with Crippen LogP contribution in [0.2, 0.25) is 19.6 Å². The van der Waals surface area contributed by atoms with Gasteiger partial charge in [-0.25, -0.2) is 0 Å². The van der Waals surface area contributed by atoms with Crippen LogP contribution >= 0.6 is 0 Å². The molecule has 1 N–H and O–H groups in total. The standard InChI is InChI=1S/C16H32O2Si/c1-12(11-17)13-8-9-14-15(18-19(3,4)5)7-6-10-16(13,14)2/h12-15,17H,6-11H2,1-5H3/t12-,13+,14?,15?,16-/m0/s1. The predicted molar refractivity (Wildman–Crippen MR) is 82.6 cm³/mol. The fourth-order valence-electron chi connectivity index (χ4n) is 4.82. The molecule has 0 aromatic rings. The number of hydrogen-bond donors (Lipinski definition) is 1. The maximum atomic E-state index is 9.53. The average molecular weight is 285 g/mol. The zero-order valence-electron chi connectivity index (χ0n) is 13.4. The molecule has 0 aromatic heterocycles. The van der Waals surface area contributed by atoms with E-state index in [9.17, 15) is 5.11 Å². The molecule has 0 saturated heterocycles. The van der Waals surface area contributed by atoms with Gasteiger partial charge in [-0.2, -0.15) is 0 Å². The summed E-state index contributed by atoms with van der Waals surface area (Å²) in [7, 11) is -1.44. The van der Waals surface area contributed by atoms with Gasteiger partial charge in [0.25, 0.3) is 0 Å². The molecule has 2 rings (SSSR count). The van der Waals surface area contributed by atoms with Crippen LogP contribution in [-0.2, 0) is 4.43 Å². The molecule has 0 amide bonds. The van der Waals surface area contributed by atoms with E-state index in [0.29, 0.717) is 30.0 Å². The Bertz CT molecular complexity index is 312. The molecule has 0 radical (unpaired) electrons. The smallest absolute Gasteiger partial charge is 0.184 e. The summed E-state index contributed by atoms with van der Waals surface area (Å²) < 4.78 is 6.50. The summed E-state index contributed by atoms with van der Waals surface area (Å²) in [5.74, 6) is 1.86. The number of rotatable bonds is 4. The van der Waals surface area contributed by atoms with Gasteiger partial charge in [-0.1, -0.05) is 20.3 Å². The lowest BCUT2D eigenvalue weighted by atomic mass is 9.62. The van der Waals surface area contributed by atoms with Crippen molar-refractivity contribution in [1.29, 1.82) is 0 Å². The van der Waals surface area contributed by atoms with Crippen molar-refractivity contribution >= 4 is 8.32 Å². The molecule has 2 fully saturated rings. The van der Waals surface area contributed by atoms with Crippen LogP contribution in [0.4, 0.5) is 0 Å². The third-order valence-corrected chi connectivity index (χ3v) is 6.63. The van der Waals surface area contributed by atoms with Gasteiger partial charge in [0.1, 0.15) is 0 Å². The second-order valence-corrected chi connectivity index (χ2v) is 12.6. The summed E-state index contributed by atoms with van der Waals surface area (Å²) >= 11 is 0. The number of hydrogen-bond acceptors (Lipinski definition) is 2. The van der Waals surface area contributed by atoms with Gasteiger partial charge < -0.3 is 9.53 Å². The van der Waals surface area contributed by atoms with E-state index in [1.165, 1.54) is 32.1 Å². The van der Waals surface area contributed by atoms with Crippen LogP contribution in [0.15, 0.2) is 0 Å². The molecule has 2 aliphatic rings. The Morgan fingerprint density at radius 3 is 2.53 bits per heavy atom. The van der Waals surface area contributed by atoms with E-state index in [2.05, 4.69) is 33.5 Å². The quantitative estimate of drug-likeness (QED) is 0.789. The first kappa shape index (κ1) is 15.5. The van der Waals surface area contributed by atoms with Crippen LogP contribution in [-0.4, -0.2) is 26.1 Å². The fourth-order valence-corrected chi connectivity index (χ4v) is 6.01. The normalized spacial score (nSPS) is 41.1. The van der Waals surface area contributed by atoms with E-state index >= 15 is 0 Å². The van der Waals surface area contributed by atoms with Crippen LogP contribution < -0.4 is 0 Å². The van der Waals surface area contributed by atoms with Crippen molar-refractivity contribution in [2.45, 2.75) is 71.7 Å². The Hall–Kier alpha value is 0.137. The topological polar surface area (TPSA) is 29.5 Å². The maximum absolute atomic E-state index is 9.53. The van der Waals surface area contributed by atoms with Crippen molar-refractivity contribution in [3.63, 3.8) is 0 Å². The lowest BCUT2D eigenvalue weighted by Gasteiger charge is -2.47. The Balaban J connectivity index is 2.14. The minimum atomic E-state index is -1.44. The summed E-state index contributed by atoms with van der Waals surface area (Å²) in [6.07, 6.45) is 6.97. The molecule has 0 bridgehead atoms. The predicted octanol–water partition coefficient (Wildman–Crippen LogP) is 4.05. The lowest BCUT2D eigenvalue weighted by molar-refractivity contribution is -0.0236. The minimum Gasteiger partial charge on any atom is -0.414 e. The third-order valence-electron chi connectivity index (χ3n) is 5.62. The van der Waals surface area contributed by atoms with Gasteiger partial charge in [0.2, 0.25) is 0 Å². The van der Waals surface area contributed by atoms with Crippen molar-refractivity contribution in [3.8, 4) is 0 Å². The monoisotopic (exact) mass is 284 g/mol. The van der Waals surface area contributed by atoms with E-state index in [-0.39, 0.29) is 0 Å². The SMILES string of the molecule is C[C@@H](CO)[C@H]1CCC2C(O[Si](C)(C)C)CCC[C@]21C. The number of aliphatic hydroxyl groups excluding tert-OH is 1. The van der Waals surface area contributed by atoms with E-state index < -0.39 is 8.32 Å². The number of fused-ring (bicyclic) bond motifs is 1.